The highest BCUT2D eigenvalue weighted by atomic mass is 79.9. The van der Waals surface area contributed by atoms with E-state index in [1.807, 2.05) is 24.3 Å². The van der Waals surface area contributed by atoms with Gasteiger partial charge in [-0.3, -0.25) is 0 Å². The van der Waals surface area contributed by atoms with Crippen LogP contribution in [-0.4, -0.2) is 16.0 Å². The average molecular weight is 317 g/mol. The molecule has 1 heterocycles. The monoisotopic (exact) mass is 316 g/mol. The van der Waals surface area contributed by atoms with Crippen LogP contribution in [0.3, 0.4) is 0 Å². The topological polar surface area (TPSA) is 61.6 Å². The first-order chi connectivity index (χ1) is 9.19. The Labute approximate surface area is 120 Å². The van der Waals surface area contributed by atoms with Crippen LogP contribution in [0.25, 0.3) is 0 Å². The zero-order valence-electron chi connectivity index (χ0n) is 10.5. The summed E-state index contributed by atoms with van der Waals surface area (Å²) in [5, 5.41) is 11.9. The van der Waals surface area contributed by atoms with E-state index in [9.17, 15) is 0 Å². The van der Waals surface area contributed by atoms with E-state index in [2.05, 4.69) is 44.2 Å². The summed E-state index contributed by atoms with van der Waals surface area (Å²) in [5.74, 6) is 0.679. The number of nitriles is 1. The Kier molecular flexibility index (Phi) is 4.48. The SMILES string of the molecule is CC(Cc1ccccc1Br)Nc1cnc(C#N)cn1. The predicted octanol–water partition coefficient (Wildman–Crippen LogP) is 3.15. The van der Waals surface area contributed by atoms with Crippen molar-refractivity contribution in [3.05, 3.63) is 52.4 Å². The molecule has 1 aromatic heterocycles. The minimum Gasteiger partial charge on any atom is -0.366 e. The van der Waals surface area contributed by atoms with Crippen molar-refractivity contribution in [2.45, 2.75) is 19.4 Å². The Bertz CT molecular complexity index is 589. The highest BCUT2D eigenvalue weighted by Crippen LogP contribution is 2.18. The first-order valence-electron chi connectivity index (χ1n) is 5.91. The van der Waals surface area contributed by atoms with Crippen molar-refractivity contribution in [1.29, 1.82) is 5.26 Å². The molecule has 4 nitrogen and oxygen atoms in total. The molecule has 0 aliphatic carbocycles. The van der Waals surface area contributed by atoms with Crippen molar-refractivity contribution in [2.24, 2.45) is 0 Å². The van der Waals surface area contributed by atoms with E-state index in [4.69, 9.17) is 5.26 Å². The average Bonchev–Trinajstić information content (AvgIpc) is 2.42. The molecule has 0 radical (unpaired) electrons. The number of nitrogens with zero attached hydrogens (tertiary/aromatic N) is 3. The third-order valence-corrected chi connectivity index (χ3v) is 3.42. The van der Waals surface area contributed by atoms with E-state index in [0.717, 1.165) is 10.9 Å². The number of benzene rings is 1. The van der Waals surface area contributed by atoms with E-state index in [0.29, 0.717) is 11.5 Å². The lowest BCUT2D eigenvalue weighted by atomic mass is 10.1. The predicted molar refractivity (Wildman–Crippen MR) is 77.7 cm³/mol. The van der Waals surface area contributed by atoms with Crippen LogP contribution in [0.15, 0.2) is 41.1 Å². The van der Waals surface area contributed by atoms with Gasteiger partial charge in [0.05, 0.1) is 12.4 Å². The number of aromatic nitrogens is 2. The van der Waals surface area contributed by atoms with Crippen LogP contribution >= 0.6 is 15.9 Å². The second-order valence-corrected chi connectivity index (χ2v) is 5.09. The van der Waals surface area contributed by atoms with Crippen LogP contribution in [-0.2, 0) is 6.42 Å². The standard InChI is InChI=1S/C14H13BrN4/c1-10(6-11-4-2-3-5-13(11)15)19-14-9-17-12(7-16)8-18-14/h2-5,8-10H,6H2,1H3,(H,18,19). The molecular formula is C14H13BrN4. The number of halogens is 1. The molecule has 0 saturated heterocycles. The Balaban J connectivity index is 1.99. The van der Waals surface area contributed by atoms with Gasteiger partial charge < -0.3 is 5.32 Å². The fraction of sp³-hybridized carbons (Fsp3) is 0.214. The fourth-order valence-electron chi connectivity index (χ4n) is 1.76. The van der Waals surface area contributed by atoms with Crippen molar-refractivity contribution in [3.8, 4) is 6.07 Å². The smallest absolute Gasteiger partial charge is 0.158 e. The Hall–Kier alpha value is -1.93. The molecule has 0 amide bonds. The first-order valence-corrected chi connectivity index (χ1v) is 6.70. The van der Waals surface area contributed by atoms with Crippen LogP contribution < -0.4 is 5.32 Å². The third-order valence-electron chi connectivity index (χ3n) is 2.64. The highest BCUT2D eigenvalue weighted by Gasteiger charge is 2.07. The number of hydrogen-bond acceptors (Lipinski definition) is 4. The molecule has 2 aromatic rings. The number of rotatable bonds is 4. The molecule has 0 fully saturated rings. The molecule has 5 heteroatoms. The van der Waals surface area contributed by atoms with Gasteiger partial charge in [0.15, 0.2) is 5.69 Å². The highest BCUT2D eigenvalue weighted by molar-refractivity contribution is 9.10. The molecule has 96 valence electrons. The van der Waals surface area contributed by atoms with Gasteiger partial charge >= 0.3 is 0 Å². The Morgan fingerprint density at radius 1 is 1.32 bits per heavy atom. The van der Waals surface area contributed by atoms with Gasteiger partial charge in [-0.15, -0.1) is 0 Å². The van der Waals surface area contributed by atoms with Gasteiger partial charge in [0, 0.05) is 10.5 Å². The van der Waals surface area contributed by atoms with Crippen molar-refractivity contribution in [1.82, 2.24) is 9.97 Å². The molecule has 1 aromatic carbocycles. The Morgan fingerprint density at radius 3 is 2.74 bits per heavy atom. The summed E-state index contributed by atoms with van der Waals surface area (Å²) in [6, 6.07) is 10.3. The summed E-state index contributed by atoms with van der Waals surface area (Å²) in [7, 11) is 0. The van der Waals surface area contributed by atoms with Gasteiger partial charge in [-0.2, -0.15) is 5.26 Å². The van der Waals surface area contributed by atoms with Crippen molar-refractivity contribution in [2.75, 3.05) is 5.32 Å². The van der Waals surface area contributed by atoms with Crippen LogP contribution in [0.5, 0.6) is 0 Å². The van der Waals surface area contributed by atoms with Crippen LogP contribution in [0.4, 0.5) is 5.82 Å². The minimum atomic E-state index is 0.223. The maximum absolute atomic E-state index is 8.66. The van der Waals surface area contributed by atoms with E-state index in [-0.39, 0.29) is 6.04 Å². The van der Waals surface area contributed by atoms with Gasteiger partial charge in [-0.25, -0.2) is 9.97 Å². The van der Waals surface area contributed by atoms with Crippen molar-refractivity contribution < 1.29 is 0 Å². The maximum Gasteiger partial charge on any atom is 0.158 e. The van der Waals surface area contributed by atoms with Crippen LogP contribution in [0.1, 0.15) is 18.2 Å². The normalized spacial score (nSPS) is 11.6. The molecule has 1 unspecified atom stereocenters. The zero-order valence-corrected chi connectivity index (χ0v) is 12.1. The summed E-state index contributed by atoms with van der Waals surface area (Å²) >= 11 is 3.54. The molecular weight excluding hydrogens is 304 g/mol. The molecule has 1 N–H and O–H groups in total. The van der Waals surface area contributed by atoms with Crippen molar-refractivity contribution >= 4 is 21.7 Å². The molecule has 0 bridgehead atoms. The van der Waals surface area contributed by atoms with E-state index in [1.54, 1.807) is 6.20 Å². The lowest BCUT2D eigenvalue weighted by Crippen LogP contribution is -2.19. The summed E-state index contributed by atoms with van der Waals surface area (Å²) in [6.45, 7) is 2.08. The number of nitrogens with one attached hydrogen (secondary N) is 1. The van der Waals surface area contributed by atoms with E-state index in [1.165, 1.54) is 11.8 Å². The summed E-state index contributed by atoms with van der Waals surface area (Å²) < 4.78 is 1.11. The van der Waals surface area contributed by atoms with E-state index < -0.39 is 0 Å². The summed E-state index contributed by atoms with van der Waals surface area (Å²) in [5.41, 5.74) is 1.56. The largest absolute Gasteiger partial charge is 0.366 e. The van der Waals surface area contributed by atoms with Gasteiger partial charge in [-0.05, 0) is 25.0 Å². The van der Waals surface area contributed by atoms with Crippen LogP contribution in [0.2, 0.25) is 0 Å². The quantitative estimate of drug-likeness (QED) is 0.941. The van der Waals surface area contributed by atoms with Crippen molar-refractivity contribution in [3.63, 3.8) is 0 Å². The van der Waals surface area contributed by atoms with Gasteiger partial charge in [0.2, 0.25) is 0 Å². The summed E-state index contributed by atoms with van der Waals surface area (Å²) in [4.78, 5) is 8.13. The zero-order chi connectivity index (χ0) is 13.7. The molecule has 0 aliphatic heterocycles. The second kappa shape index (κ2) is 6.30. The van der Waals surface area contributed by atoms with Crippen LogP contribution in [0, 0.1) is 11.3 Å². The van der Waals surface area contributed by atoms with Gasteiger partial charge in [0.25, 0.3) is 0 Å². The third kappa shape index (κ3) is 3.76. The lowest BCUT2D eigenvalue weighted by Gasteiger charge is -2.15. The molecule has 0 spiro atoms. The van der Waals surface area contributed by atoms with E-state index >= 15 is 0 Å². The summed E-state index contributed by atoms with van der Waals surface area (Å²) in [6.07, 6.45) is 3.92. The molecule has 19 heavy (non-hydrogen) atoms. The molecule has 0 saturated carbocycles. The minimum absolute atomic E-state index is 0.223. The second-order valence-electron chi connectivity index (χ2n) is 4.24. The maximum atomic E-state index is 8.66. The molecule has 2 rings (SSSR count). The first kappa shape index (κ1) is 13.5. The fourth-order valence-corrected chi connectivity index (χ4v) is 2.20. The van der Waals surface area contributed by atoms with Gasteiger partial charge in [0.1, 0.15) is 11.9 Å². The molecule has 0 aliphatic rings. The molecule has 1 atom stereocenters. The number of hydrogen-bond donors (Lipinski definition) is 1. The Morgan fingerprint density at radius 2 is 2.11 bits per heavy atom. The van der Waals surface area contributed by atoms with Gasteiger partial charge in [-0.1, -0.05) is 34.1 Å². The lowest BCUT2D eigenvalue weighted by molar-refractivity contribution is 0.780. The number of anilines is 1.